The lowest BCUT2D eigenvalue weighted by atomic mass is 9.89. The van der Waals surface area contributed by atoms with Crippen LogP contribution in [0.2, 0.25) is 0 Å². The highest BCUT2D eigenvalue weighted by Gasteiger charge is 2.33. The average molecular weight is 270 g/mol. The summed E-state index contributed by atoms with van der Waals surface area (Å²) in [6.07, 6.45) is 8.00. The van der Waals surface area contributed by atoms with Crippen molar-refractivity contribution >= 4 is 0 Å². The van der Waals surface area contributed by atoms with Crippen LogP contribution in [0.15, 0.2) is 36.7 Å². The van der Waals surface area contributed by atoms with Gasteiger partial charge in [0, 0.05) is 12.6 Å². The van der Waals surface area contributed by atoms with Gasteiger partial charge in [-0.05, 0) is 24.8 Å². The monoisotopic (exact) mass is 270 g/mol. The lowest BCUT2D eigenvalue weighted by molar-refractivity contribution is 0.321. The molecular weight excluding hydrogens is 248 g/mol. The van der Waals surface area contributed by atoms with E-state index in [4.69, 9.17) is 0 Å². The molecule has 1 saturated carbocycles. The second-order valence-electron chi connectivity index (χ2n) is 5.86. The zero-order chi connectivity index (χ0) is 13.8. The maximum absolute atomic E-state index is 4.17. The molecule has 3 rings (SSSR count). The van der Waals surface area contributed by atoms with E-state index >= 15 is 0 Å². The van der Waals surface area contributed by atoms with E-state index in [-0.39, 0.29) is 5.54 Å². The summed E-state index contributed by atoms with van der Waals surface area (Å²) in [6.45, 7) is 0.795. The third-order valence-electron chi connectivity index (χ3n) is 4.37. The highest BCUT2D eigenvalue weighted by atomic mass is 15.3. The number of aromatic nitrogens is 3. The molecular formula is C16H22N4. The zero-order valence-corrected chi connectivity index (χ0v) is 12.0. The molecule has 20 heavy (non-hydrogen) atoms. The van der Waals surface area contributed by atoms with Crippen molar-refractivity contribution in [2.75, 3.05) is 0 Å². The Hall–Kier alpha value is -1.68. The molecule has 0 spiro atoms. The molecule has 1 aliphatic rings. The maximum Gasteiger partial charge on any atom is 0.146 e. The Labute approximate surface area is 120 Å². The van der Waals surface area contributed by atoms with Gasteiger partial charge >= 0.3 is 0 Å². The number of hydrogen-bond donors (Lipinski definition) is 1. The lowest BCUT2D eigenvalue weighted by Gasteiger charge is -2.30. The summed E-state index contributed by atoms with van der Waals surface area (Å²) in [4.78, 5) is 0. The predicted octanol–water partition coefficient (Wildman–Crippen LogP) is 2.46. The minimum Gasteiger partial charge on any atom is -0.320 e. The molecule has 0 aliphatic heterocycles. The topological polar surface area (TPSA) is 42.7 Å². The standard InChI is InChI=1S/C16H22N4/c1-20-13-18-19-15(20)12-17-16(9-5-6-10-16)11-14-7-3-2-4-8-14/h2-4,7-8,13,17H,5-6,9-12H2,1H3. The second-order valence-corrected chi connectivity index (χ2v) is 5.86. The Kier molecular flexibility index (Phi) is 3.83. The van der Waals surface area contributed by atoms with Crippen LogP contribution in [0.25, 0.3) is 0 Å². The van der Waals surface area contributed by atoms with Gasteiger partial charge in [0.05, 0.1) is 6.54 Å². The normalized spacial score (nSPS) is 17.4. The molecule has 2 aromatic rings. The van der Waals surface area contributed by atoms with Gasteiger partial charge in [-0.3, -0.25) is 0 Å². The van der Waals surface area contributed by atoms with Crippen LogP contribution in [0, 0.1) is 0 Å². The summed E-state index contributed by atoms with van der Waals surface area (Å²) in [5, 5.41) is 11.9. The largest absolute Gasteiger partial charge is 0.320 e. The van der Waals surface area contributed by atoms with E-state index in [0.29, 0.717) is 0 Å². The van der Waals surface area contributed by atoms with Crippen molar-refractivity contribution in [3.63, 3.8) is 0 Å². The van der Waals surface area contributed by atoms with E-state index in [1.807, 2.05) is 11.6 Å². The zero-order valence-electron chi connectivity index (χ0n) is 12.0. The smallest absolute Gasteiger partial charge is 0.146 e. The Morgan fingerprint density at radius 1 is 1.20 bits per heavy atom. The molecule has 4 nitrogen and oxygen atoms in total. The number of hydrogen-bond acceptors (Lipinski definition) is 3. The highest BCUT2D eigenvalue weighted by Crippen LogP contribution is 2.33. The predicted molar refractivity (Wildman–Crippen MR) is 79.2 cm³/mol. The molecule has 0 radical (unpaired) electrons. The summed E-state index contributed by atoms with van der Waals surface area (Å²) in [6, 6.07) is 10.8. The lowest BCUT2D eigenvalue weighted by Crippen LogP contribution is -2.44. The first-order valence-corrected chi connectivity index (χ1v) is 7.39. The van der Waals surface area contributed by atoms with Crippen molar-refractivity contribution in [1.82, 2.24) is 20.1 Å². The molecule has 0 saturated heterocycles. The van der Waals surface area contributed by atoms with Crippen molar-refractivity contribution in [1.29, 1.82) is 0 Å². The Morgan fingerprint density at radius 3 is 2.60 bits per heavy atom. The van der Waals surface area contributed by atoms with Gasteiger partial charge in [0.25, 0.3) is 0 Å². The fraction of sp³-hybridized carbons (Fsp3) is 0.500. The Morgan fingerprint density at radius 2 is 1.95 bits per heavy atom. The Balaban J connectivity index is 1.70. The van der Waals surface area contributed by atoms with Crippen molar-refractivity contribution in [3.8, 4) is 0 Å². The van der Waals surface area contributed by atoms with Gasteiger partial charge in [0.15, 0.2) is 0 Å². The summed E-state index contributed by atoms with van der Waals surface area (Å²) < 4.78 is 1.98. The fourth-order valence-corrected chi connectivity index (χ4v) is 3.19. The highest BCUT2D eigenvalue weighted by molar-refractivity contribution is 5.18. The third kappa shape index (κ3) is 2.90. The van der Waals surface area contributed by atoms with Crippen molar-refractivity contribution in [3.05, 3.63) is 48.0 Å². The molecule has 0 unspecified atom stereocenters. The van der Waals surface area contributed by atoms with Crippen molar-refractivity contribution in [2.24, 2.45) is 7.05 Å². The minimum atomic E-state index is 0.229. The quantitative estimate of drug-likeness (QED) is 0.907. The van der Waals surface area contributed by atoms with Gasteiger partial charge in [0.1, 0.15) is 12.2 Å². The third-order valence-corrected chi connectivity index (χ3v) is 4.37. The molecule has 1 aliphatic carbocycles. The van der Waals surface area contributed by atoms with E-state index in [1.54, 1.807) is 6.33 Å². The summed E-state index contributed by atoms with van der Waals surface area (Å²) in [7, 11) is 2.00. The first-order valence-electron chi connectivity index (χ1n) is 7.39. The van der Waals surface area contributed by atoms with Crippen LogP contribution in [0.4, 0.5) is 0 Å². The molecule has 1 N–H and O–H groups in total. The van der Waals surface area contributed by atoms with Gasteiger partial charge in [0.2, 0.25) is 0 Å². The molecule has 1 heterocycles. The summed E-state index contributed by atoms with van der Waals surface area (Å²) >= 11 is 0. The van der Waals surface area contributed by atoms with Crippen LogP contribution >= 0.6 is 0 Å². The molecule has 0 bridgehead atoms. The first-order chi connectivity index (χ1) is 9.77. The van der Waals surface area contributed by atoms with Crippen LogP contribution in [0.5, 0.6) is 0 Å². The van der Waals surface area contributed by atoms with Gasteiger partial charge < -0.3 is 9.88 Å². The second kappa shape index (κ2) is 5.75. The van der Waals surface area contributed by atoms with E-state index in [0.717, 1.165) is 18.8 Å². The van der Waals surface area contributed by atoms with E-state index in [9.17, 15) is 0 Å². The van der Waals surface area contributed by atoms with Crippen LogP contribution < -0.4 is 5.32 Å². The van der Waals surface area contributed by atoms with E-state index in [1.165, 1.54) is 31.2 Å². The molecule has 0 atom stereocenters. The van der Waals surface area contributed by atoms with Crippen LogP contribution in [-0.4, -0.2) is 20.3 Å². The first kappa shape index (κ1) is 13.3. The summed E-state index contributed by atoms with van der Waals surface area (Å²) in [5.74, 6) is 1.00. The minimum absolute atomic E-state index is 0.229. The molecule has 106 valence electrons. The number of rotatable bonds is 5. The van der Waals surface area contributed by atoms with Crippen LogP contribution in [0.3, 0.4) is 0 Å². The molecule has 1 aromatic carbocycles. The number of nitrogens with zero attached hydrogens (tertiary/aromatic N) is 3. The number of nitrogens with one attached hydrogen (secondary N) is 1. The molecule has 4 heteroatoms. The maximum atomic E-state index is 4.17. The molecule has 1 aromatic heterocycles. The van der Waals surface area contributed by atoms with Crippen molar-refractivity contribution in [2.45, 2.75) is 44.2 Å². The average Bonchev–Trinajstić information content (AvgIpc) is 3.08. The van der Waals surface area contributed by atoms with E-state index in [2.05, 4.69) is 45.8 Å². The van der Waals surface area contributed by atoms with Crippen molar-refractivity contribution < 1.29 is 0 Å². The van der Waals surface area contributed by atoms with Gasteiger partial charge in [-0.1, -0.05) is 43.2 Å². The van der Waals surface area contributed by atoms with Crippen LogP contribution in [-0.2, 0) is 20.0 Å². The summed E-state index contributed by atoms with van der Waals surface area (Å²) in [5.41, 5.74) is 1.65. The van der Waals surface area contributed by atoms with Gasteiger partial charge in [-0.15, -0.1) is 10.2 Å². The SMILES string of the molecule is Cn1cnnc1CNC1(Cc2ccccc2)CCCC1. The Bertz CT molecular complexity index is 541. The fourth-order valence-electron chi connectivity index (χ4n) is 3.19. The number of benzene rings is 1. The van der Waals surface area contributed by atoms with Crippen LogP contribution in [0.1, 0.15) is 37.1 Å². The van der Waals surface area contributed by atoms with E-state index < -0.39 is 0 Å². The molecule has 1 fully saturated rings. The molecule has 0 amide bonds. The van der Waals surface area contributed by atoms with Gasteiger partial charge in [-0.25, -0.2) is 0 Å². The van der Waals surface area contributed by atoms with Gasteiger partial charge in [-0.2, -0.15) is 0 Å². The number of aryl methyl sites for hydroxylation is 1.